The minimum atomic E-state index is -1.18. The summed E-state index contributed by atoms with van der Waals surface area (Å²) in [6, 6.07) is 7.40. The molecule has 1 saturated heterocycles. The van der Waals surface area contributed by atoms with Gasteiger partial charge in [-0.15, -0.1) is 0 Å². The second-order valence-electron chi connectivity index (χ2n) is 7.23. The number of benzene rings is 1. The first-order chi connectivity index (χ1) is 14.3. The maximum Gasteiger partial charge on any atom is 0.342 e. The normalized spacial score (nSPS) is 14.1. The standard InChI is InChI=1S/C22H26O6S2/c1-3-18(24)5-4-6-19(25)12-11-16-7-9-17(10-8-16)13-20(26)14-28-21(27)22(15(2)23)29-30-22/h7-10H,3-6,11-14H2,1-2H3. The van der Waals surface area contributed by atoms with Gasteiger partial charge in [0.1, 0.15) is 18.2 Å². The van der Waals surface area contributed by atoms with E-state index in [-0.39, 0.29) is 36.2 Å². The van der Waals surface area contributed by atoms with Crippen molar-refractivity contribution in [2.75, 3.05) is 6.61 Å². The van der Waals surface area contributed by atoms with E-state index in [9.17, 15) is 24.0 Å². The molecular formula is C22H26O6S2. The molecule has 1 fully saturated rings. The van der Waals surface area contributed by atoms with Crippen LogP contribution in [0.2, 0.25) is 0 Å². The van der Waals surface area contributed by atoms with Gasteiger partial charge >= 0.3 is 5.97 Å². The topological polar surface area (TPSA) is 94.6 Å². The molecule has 0 atom stereocenters. The summed E-state index contributed by atoms with van der Waals surface area (Å²) in [7, 11) is 2.29. The predicted octanol–water partition coefficient (Wildman–Crippen LogP) is 3.67. The third-order valence-electron chi connectivity index (χ3n) is 4.77. The fourth-order valence-corrected chi connectivity index (χ4v) is 4.72. The van der Waals surface area contributed by atoms with Crippen LogP contribution >= 0.6 is 21.6 Å². The quantitative estimate of drug-likeness (QED) is 0.183. The molecule has 1 heterocycles. The highest BCUT2D eigenvalue weighted by Gasteiger charge is 2.59. The van der Waals surface area contributed by atoms with Crippen molar-refractivity contribution in [3.05, 3.63) is 35.4 Å². The monoisotopic (exact) mass is 450 g/mol. The zero-order chi connectivity index (χ0) is 22.1. The molecule has 0 radical (unpaired) electrons. The Bertz CT molecular complexity index is 811. The minimum absolute atomic E-state index is 0.130. The van der Waals surface area contributed by atoms with E-state index < -0.39 is 10.0 Å². The van der Waals surface area contributed by atoms with Gasteiger partial charge in [-0.2, -0.15) is 0 Å². The summed E-state index contributed by atoms with van der Waals surface area (Å²) in [5.41, 5.74) is 1.79. The van der Waals surface area contributed by atoms with Crippen molar-refractivity contribution in [2.45, 2.75) is 62.9 Å². The van der Waals surface area contributed by atoms with Crippen LogP contribution in [0.4, 0.5) is 0 Å². The number of Topliss-reactive ketones (excluding diaryl/α,β-unsaturated/α-hetero) is 4. The van der Waals surface area contributed by atoms with Gasteiger partial charge in [-0.05, 0) is 30.9 Å². The van der Waals surface area contributed by atoms with Crippen LogP contribution in [-0.4, -0.2) is 39.8 Å². The second kappa shape index (κ2) is 11.5. The molecule has 1 aliphatic heterocycles. The van der Waals surface area contributed by atoms with Crippen LogP contribution in [0.15, 0.2) is 24.3 Å². The summed E-state index contributed by atoms with van der Waals surface area (Å²) in [5.74, 6) is -0.861. The maximum absolute atomic E-state index is 12.1. The highest BCUT2D eigenvalue weighted by Crippen LogP contribution is 2.65. The average molecular weight is 451 g/mol. The molecule has 30 heavy (non-hydrogen) atoms. The smallest absolute Gasteiger partial charge is 0.342 e. The Morgan fingerprint density at radius 3 is 2.03 bits per heavy atom. The van der Waals surface area contributed by atoms with Gasteiger partial charge in [-0.1, -0.05) is 52.8 Å². The third-order valence-corrected chi connectivity index (χ3v) is 7.68. The lowest BCUT2D eigenvalue weighted by molar-refractivity contribution is -0.149. The summed E-state index contributed by atoms with van der Waals surface area (Å²) in [6.07, 6.45) is 3.21. The van der Waals surface area contributed by atoms with Crippen molar-refractivity contribution in [3.63, 3.8) is 0 Å². The summed E-state index contributed by atoms with van der Waals surface area (Å²) in [5, 5.41) is 0. The zero-order valence-electron chi connectivity index (χ0n) is 17.2. The molecule has 1 aromatic rings. The van der Waals surface area contributed by atoms with Crippen molar-refractivity contribution < 1.29 is 28.7 Å². The Kier molecular flexibility index (Phi) is 9.30. The van der Waals surface area contributed by atoms with Crippen LogP contribution in [0.3, 0.4) is 0 Å². The van der Waals surface area contributed by atoms with Gasteiger partial charge in [0.15, 0.2) is 11.6 Å². The molecular weight excluding hydrogens is 424 g/mol. The van der Waals surface area contributed by atoms with Gasteiger partial charge in [0.05, 0.1) is 0 Å². The van der Waals surface area contributed by atoms with Crippen molar-refractivity contribution in [1.29, 1.82) is 0 Å². The van der Waals surface area contributed by atoms with E-state index in [4.69, 9.17) is 4.74 Å². The summed E-state index contributed by atoms with van der Waals surface area (Å²) in [6.45, 7) is 2.80. The van der Waals surface area contributed by atoms with E-state index in [0.717, 1.165) is 32.7 Å². The van der Waals surface area contributed by atoms with Crippen LogP contribution in [0.25, 0.3) is 0 Å². The molecule has 0 N–H and O–H groups in total. The molecule has 2 rings (SSSR count). The number of hydrogen-bond acceptors (Lipinski definition) is 8. The number of esters is 1. The Balaban J connectivity index is 1.69. The highest BCUT2D eigenvalue weighted by molar-refractivity contribution is 8.94. The van der Waals surface area contributed by atoms with Gasteiger partial charge in [-0.25, -0.2) is 4.79 Å². The molecule has 1 aromatic carbocycles. The van der Waals surface area contributed by atoms with Gasteiger partial charge < -0.3 is 4.74 Å². The predicted molar refractivity (Wildman–Crippen MR) is 117 cm³/mol. The number of ketones is 4. The largest absolute Gasteiger partial charge is 0.456 e. The Hall–Kier alpha value is -1.93. The Labute approximate surface area is 184 Å². The molecule has 8 heteroatoms. The first-order valence-corrected chi connectivity index (χ1v) is 12.1. The van der Waals surface area contributed by atoms with Crippen molar-refractivity contribution in [3.8, 4) is 0 Å². The summed E-state index contributed by atoms with van der Waals surface area (Å²) >= 11 is 0. The number of carbonyl (C=O) groups is 5. The van der Waals surface area contributed by atoms with E-state index in [2.05, 4.69) is 0 Å². The fraction of sp³-hybridized carbons (Fsp3) is 0.500. The van der Waals surface area contributed by atoms with E-state index in [1.807, 2.05) is 31.2 Å². The Morgan fingerprint density at radius 2 is 1.47 bits per heavy atom. The molecule has 0 bridgehead atoms. The van der Waals surface area contributed by atoms with Crippen molar-refractivity contribution in [2.24, 2.45) is 0 Å². The molecule has 162 valence electrons. The molecule has 0 amide bonds. The molecule has 1 aliphatic rings. The second-order valence-corrected chi connectivity index (χ2v) is 10.0. The number of aryl methyl sites for hydroxylation is 1. The number of ether oxygens (including phenoxy) is 1. The lowest BCUT2D eigenvalue weighted by atomic mass is 10.0. The van der Waals surface area contributed by atoms with Crippen LogP contribution in [0.5, 0.6) is 0 Å². The summed E-state index contributed by atoms with van der Waals surface area (Å²) < 4.78 is 3.82. The van der Waals surface area contributed by atoms with Gasteiger partial charge in [0.25, 0.3) is 0 Å². The minimum Gasteiger partial charge on any atom is -0.456 e. The number of carbonyl (C=O) groups excluding carboxylic acids is 5. The van der Waals surface area contributed by atoms with Crippen LogP contribution in [0.1, 0.15) is 57.1 Å². The lowest BCUT2D eigenvalue weighted by Gasteiger charge is -2.08. The molecule has 0 unspecified atom stereocenters. The molecule has 6 nitrogen and oxygen atoms in total. The fourth-order valence-electron chi connectivity index (χ4n) is 2.78. The first kappa shape index (κ1) is 24.3. The highest BCUT2D eigenvalue weighted by atomic mass is 33.2. The van der Waals surface area contributed by atoms with Gasteiger partial charge in [0.2, 0.25) is 4.08 Å². The first-order valence-electron chi connectivity index (χ1n) is 9.95. The van der Waals surface area contributed by atoms with Crippen LogP contribution in [-0.2, 0) is 41.6 Å². The molecule has 0 saturated carbocycles. The van der Waals surface area contributed by atoms with Crippen LogP contribution < -0.4 is 0 Å². The third kappa shape index (κ3) is 7.40. The van der Waals surface area contributed by atoms with E-state index in [1.54, 1.807) is 0 Å². The molecule has 0 spiro atoms. The lowest BCUT2D eigenvalue weighted by Crippen LogP contribution is -2.31. The SMILES string of the molecule is CCC(=O)CCCC(=O)CCc1ccc(CC(=O)COC(=O)C2(C(C)=O)SS2)cc1. The Morgan fingerprint density at radius 1 is 0.867 bits per heavy atom. The van der Waals surface area contributed by atoms with Crippen molar-refractivity contribution in [1.82, 2.24) is 0 Å². The van der Waals surface area contributed by atoms with Crippen molar-refractivity contribution >= 4 is 50.7 Å². The van der Waals surface area contributed by atoms with E-state index >= 15 is 0 Å². The maximum atomic E-state index is 12.1. The molecule has 0 aromatic heterocycles. The zero-order valence-corrected chi connectivity index (χ0v) is 18.9. The molecule has 0 aliphatic carbocycles. The van der Waals surface area contributed by atoms with E-state index in [0.29, 0.717) is 38.5 Å². The van der Waals surface area contributed by atoms with E-state index in [1.165, 1.54) is 6.92 Å². The average Bonchev–Trinajstić information content (AvgIpc) is 3.53. The number of rotatable bonds is 14. The van der Waals surface area contributed by atoms with Gasteiger partial charge in [0, 0.05) is 32.1 Å². The van der Waals surface area contributed by atoms with Crippen LogP contribution in [0, 0.1) is 0 Å². The number of hydrogen-bond donors (Lipinski definition) is 0. The van der Waals surface area contributed by atoms with Gasteiger partial charge in [-0.3, -0.25) is 19.2 Å². The summed E-state index contributed by atoms with van der Waals surface area (Å²) in [4.78, 5) is 58.6.